The number of pyridine rings is 1. The van der Waals surface area contributed by atoms with Gasteiger partial charge in [0, 0.05) is 37.4 Å². The fourth-order valence-electron chi connectivity index (χ4n) is 3.85. The van der Waals surface area contributed by atoms with Crippen LogP contribution in [0.15, 0.2) is 48.8 Å². The Morgan fingerprint density at radius 2 is 2.04 bits per heavy atom. The van der Waals surface area contributed by atoms with Gasteiger partial charge in [-0.25, -0.2) is 0 Å². The van der Waals surface area contributed by atoms with Gasteiger partial charge in [-0.2, -0.15) is 0 Å². The molecule has 1 aromatic heterocycles. The largest absolute Gasteiger partial charge is 0.481 e. The van der Waals surface area contributed by atoms with Crippen LogP contribution < -0.4 is 4.74 Å². The van der Waals surface area contributed by atoms with Gasteiger partial charge in [0.2, 0.25) is 0 Å². The van der Waals surface area contributed by atoms with E-state index in [9.17, 15) is 14.7 Å². The Morgan fingerprint density at radius 3 is 2.70 bits per heavy atom. The summed E-state index contributed by atoms with van der Waals surface area (Å²) in [6, 6.07) is 10.4. The maximum absolute atomic E-state index is 12.9. The molecule has 3 heterocycles. The number of hydrogen-bond acceptors (Lipinski definition) is 5. The molecule has 2 aliphatic heterocycles. The third-order valence-electron chi connectivity index (χ3n) is 5.39. The van der Waals surface area contributed by atoms with Crippen LogP contribution in [-0.4, -0.2) is 53.2 Å². The summed E-state index contributed by atoms with van der Waals surface area (Å²) in [5.74, 6) is 0.0406. The molecule has 0 aliphatic carbocycles. The van der Waals surface area contributed by atoms with E-state index in [4.69, 9.17) is 9.47 Å². The van der Waals surface area contributed by atoms with Crippen molar-refractivity contribution in [3.8, 4) is 11.5 Å². The monoisotopic (exact) mass is 368 g/mol. The Morgan fingerprint density at radius 1 is 1.22 bits per heavy atom. The van der Waals surface area contributed by atoms with Crippen molar-refractivity contribution in [2.75, 3.05) is 26.3 Å². The Hall–Kier alpha value is -2.93. The van der Waals surface area contributed by atoms with Crippen molar-refractivity contribution in [2.45, 2.75) is 6.42 Å². The first kappa shape index (κ1) is 17.5. The smallest absolute Gasteiger partial charge is 0.311 e. The van der Waals surface area contributed by atoms with Gasteiger partial charge >= 0.3 is 5.97 Å². The van der Waals surface area contributed by atoms with Crippen LogP contribution in [0.3, 0.4) is 0 Å². The molecule has 140 valence electrons. The molecule has 7 heteroatoms. The Bertz CT molecular complexity index is 839. The fourth-order valence-corrected chi connectivity index (χ4v) is 3.85. The van der Waals surface area contributed by atoms with Gasteiger partial charge in [0.15, 0.2) is 0 Å². The van der Waals surface area contributed by atoms with Crippen LogP contribution >= 0.6 is 0 Å². The predicted molar refractivity (Wildman–Crippen MR) is 95.7 cm³/mol. The fraction of sp³-hybridized carbons (Fsp3) is 0.350. The summed E-state index contributed by atoms with van der Waals surface area (Å²) in [5, 5.41) is 9.73. The topological polar surface area (TPSA) is 89.0 Å². The molecule has 1 aromatic carbocycles. The molecular formula is C20H20N2O5. The summed E-state index contributed by atoms with van der Waals surface area (Å²) >= 11 is 0. The van der Waals surface area contributed by atoms with E-state index < -0.39 is 11.4 Å². The molecule has 2 atom stereocenters. The highest BCUT2D eigenvalue weighted by molar-refractivity contribution is 5.95. The minimum atomic E-state index is -0.892. The van der Waals surface area contributed by atoms with Crippen LogP contribution in [0.25, 0.3) is 0 Å². The number of likely N-dealkylation sites (tertiary alicyclic amines) is 1. The van der Waals surface area contributed by atoms with Gasteiger partial charge in [-0.15, -0.1) is 0 Å². The lowest BCUT2D eigenvalue weighted by Gasteiger charge is -2.33. The van der Waals surface area contributed by atoms with Crippen LogP contribution in [0.2, 0.25) is 0 Å². The molecule has 1 N–H and O–H groups in total. The summed E-state index contributed by atoms with van der Waals surface area (Å²) in [5.41, 5.74) is -0.384. The Balaban J connectivity index is 1.47. The number of aromatic nitrogens is 1. The van der Waals surface area contributed by atoms with Gasteiger partial charge in [0.1, 0.15) is 11.5 Å². The number of rotatable bonds is 4. The molecule has 4 rings (SSSR count). The lowest BCUT2D eigenvalue weighted by molar-refractivity contribution is -0.157. The molecule has 27 heavy (non-hydrogen) atoms. The summed E-state index contributed by atoms with van der Waals surface area (Å²) in [6.07, 6.45) is 3.71. The van der Waals surface area contributed by atoms with E-state index in [-0.39, 0.29) is 18.4 Å². The summed E-state index contributed by atoms with van der Waals surface area (Å²) in [6.45, 7) is 1.43. The standard InChI is InChI=1S/C20H20N2O5/c23-18(22-11-15-12-26-9-7-20(15,13-22)19(24)25)14-3-5-16(6-4-14)27-17-2-1-8-21-10-17/h1-6,8,10,15H,7,9,11-13H2,(H,24,25)/t15-,20+/m0/s1. The molecule has 0 unspecified atom stereocenters. The number of aliphatic carboxylic acids is 1. The van der Waals surface area contributed by atoms with E-state index in [1.807, 2.05) is 0 Å². The number of carbonyl (C=O) groups is 2. The van der Waals surface area contributed by atoms with E-state index in [0.717, 1.165) is 0 Å². The van der Waals surface area contributed by atoms with Gasteiger partial charge in [-0.1, -0.05) is 0 Å². The Kier molecular flexibility index (Phi) is 4.53. The number of fused-ring (bicyclic) bond motifs is 1. The van der Waals surface area contributed by atoms with Gasteiger partial charge in [-0.3, -0.25) is 14.6 Å². The first-order valence-electron chi connectivity index (χ1n) is 8.87. The molecule has 2 aliphatic rings. The summed E-state index contributed by atoms with van der Waals surface area (Å²) < 4.78 is 11.1. The van der Waals surface area contributed by atoms with Crippen LogP contribution in [0, 0.1) is 11.3 Å². The number of ether oxygens (including phenoxy) is 2. The molecule has 0 radical (unpaired) electrons. The number of carboxylic acids is 1. The third-order valence-corrected chi connectivity index (χ3v) is 5.39. The number of benzene rings is 1. The molecule has 2 saturated heterocycles. The highest BCUT2D eigenvalue weighted by atomic mass is 16.5. The second-order valence-corrected chi connectivity index (χ2v) is 6.98. The lowest BCUT2D eigenvalue weighted by Crippen LogP contribution is -2.45. The SMILES string of the molecule is O=C(c1ccc(Oc2cccnc2)cc1)N1C[C@H]2COCC[C@@]2(C(=O)O)C1. The zero-order valence-electron chi connectivity index (χ0n) is 14.7. The van der Waals surface area contributed by atoms with E-state index in [2.05, 4.69) is 4.98 Å². The molecule has 2 aromatic rings. The highest BCUT2D eigenvalue weighted by Crippen LogP contribution is 2.42. The summed E-state index contributed by atoms with van der Waals surface area (Å²) in [7, 11) is 0. The number of nitrogens with zero attached hydrogens (tertiary/aromatic N) is 2. The quantitative estimate of drug-likeness (QED) is 0.892. The summed E-state index contributed by atoms with van der Waals surface area (Å²) in [4.78, 5) is 30.4. The van der Waals surface area contributed by atoms with E-state index in [1.165, 1.54) is 0 Å². The van der Waals surface area contributed by atoms with Gasteiger partial charge in [0.25, 0.3) is 5.91 Å². The van der Waals surface area contributed by atoms with Crippen molar-refractivity contribution in [1.82, 2.24) is 9.88 Å². The van der Waals surface area contributed by atoms with Gasteiger partial charge in [-0.05, 0) is 42.8 Å². The van der Waals surface area contributed by atoms with Crippen molar-refractivity contribution >= 4 is 11.9 Å². The van der Waals surface area contributed by atoms with E-state index >= 15 is 0 Å². The van der Waals surface area contributed by atoms with E-state index in [0.29, 0.717) is 43.2 Å². The number of amides is 1. The normalized spacial score (nSPS) is 24.3. The molecule has 0 spiro atoms. The molecule has 1 amide bonds. The van der Waals surface area contributed by atoms with Crippen LogP contribution in [0.5, 0.6) is 11.5 Å². The highest BCUT2D eigenvalue weighted by Gasteiger charge is 2.54. The first-order valence-corrected chi connectivity index (χ1v) is 8.87. The molecular weight excluding hydrogens is 348 g/mol. The number of carbonyl (C=O) groups excluding carboxylic acids is 1. The van der Waals surface area contributed by atoms with Crippen molar-refractivity contribution in [3.05, 3.63) is 54.4 Å². The zero-order chi connectivity index (χ0) is 18.9. The first-order chi connectivity index (χ1) is 13.1. The van der Waals surface area contributed by atoms with Gasteiger partial charge < -0.3 is 19.5 Å². The third kappa shape index (κ3) is 3.26. The molecule has 0 saturated carbocycles. The zero-order valence-corrected chi connectivity index (χ0v) is 14.7. The Labute approximate surface area is 156 Å². The van der Waals surface area contributed by atoms with Gasteiger partial charge in [0.05, 0.1) is 18.2 Å². The van der Waals surface area contributed by atoms with Crippen LogP contribution in [-0.2, 0) is 9.53 Å². The minimum Gasteiger partial charge on any atom is -0.481 e. The predicted octanol–water partition coefficient (Wildman–Crippen LogP) is 2.44. The number of hydrogen-bond donors (Lipinski definition) is 1. The van der Waals surface area contributed by atoms with Crippen molar-refractivity contribution in [2.24, 2.45) is 11.3 Å². The maximum atomic E-state index is 12.9. The minimum absolute atomic E-state index is 0.166. The van der Waals surface area contributed by atoms with Crippen molar-refractivity contribution in [3.63, 3.8) is 0 Å². The maximum Gasteiger partial charge on any atom is 0.311 e. The van der Waals surface area contributed by atoms with Crippen molar-refractivity contribution < 1.29 is 24.2 Å². The molecule has 7 nitrogen and oxygen atoms in total. The lowest BCUT2D eigenvalue weighted by atomic mass is 9.74. The van der Waals surface area contributed by atoms with E-state index in [1.54, 1.807) is 53.7 Å². The second kappa shape index (κ2) is 7.00. The average molecular weight is 368 g/mol. The number of carboxylic acid groups (broad SMARTS) is 1. The van der Waals surface area contributed by atoms with Crippen LogP contribution in [0.1, 0.15) is 16.8 Å². The average Bonchev–Trinajstić information content (AvgIpc) is 3.10. The molecule has 2 fully saturated rings. The second-order valence-electron chi connectivity index (χ2n) is 6.98. The van der Waals surface area contributed by atoms with Crippen molar-refractivity contribution in [1.29, 1.82) is 0 Å². The molecule has 0 bridgehead atoms. The van der Waals surface area contributed by atoms with Crippen LogP contribution in [0.4, 0.5) is 0 Å².